The fraction of sp³-hybridized carbons (Fsp3) is 0.0769. The van der Waals surface area contributed by atoms with Crippen molar-refractivity contribution < 1.29 is 8.42 Å². The first kappa shape index (κ1) is 14.4. The quantitative estimate of drug-likeness (QED) is 0.891. The summed E-state index contributed by atoms with van der Waals surface area (Å²) < 4.78 is 27.6. The summed E-state index contributed by atoms with van der Waals surface area (Å²) in [5.74, 6) is 0. The van der Waals surface area contributed by atoms with Gasteiger partial charge < -0.3 is 0 Å². The lowest BCUT2D eigenvalue weighted by molar-refractivity contribution is 0.601. The summed E-state index contributed by atoms with van der Waals surface area (Å²) in [5, 5.41) is 0.496. The van der Waals surface area contributed by atoms with Crippen molar-refractivity contribution in [2.24, 2.45) is 0 Å². The van der Waals surface area contributed by atoms with Gasteiger partial charge >= 0.3 is 0 Å². The van der Waals surface area contributed by atoms with Gasteiger partial charge in [0.1, 0.15) is 0 Å². The van der Waals surface area contributed by atoms with Crippen LogP contribution in [0.4, 0.5) is 5.69 Å². The van der Waals surface area contributed by atoms with Crippen LogP contribution in [0.2, 0.25) is 5.02 Å². The molecule has 2 rings (SSSR count). The molecule has 0 aliphatic carbocycles. The molecule has 0 aromatic heterocycles. The van der Waals surface area contributed by atoms with E-state index in [9.17, 15) is 8.42 Å². The molecule has 0 saturated heterocycles. The van der Waals surface area contributed by atoms with Crippen LogP contribution in [0.25, 0.3) is 0 Å². The number of rotatable bonds is 3. The fourth-order valence-corrected chi connectivity index (χ4v) is 3.45. The van der Waals surface area contributed by atoms with Crippen LogP contribution in [0.1, 0.15) is 5.56 Å². The summed E-state index contributed by atoms with van der Waals surface area (Å²) in [6.45, 7) is 1.93. The van der Waals surface area contributed by atoms with E-state index in [0.717, 1.165) is 5.56 Å². The Morgan fingerprint density at radius 2 is 1.74 bits per heavy atom. The normalized spacial score (nSPS) is 11.3. The Morgan fingerprint density at radius 3 is 2.32 bits per heavy atom. The Labute approximate surface area is 125 Å². The van der Waals surface area contributed by atoms with E-state index in [-0.39, 0.29) is 4.90 Å². The molecule has 100 valence electrons. The molecule has 0 amide bonds. The number of benzene rings is 2. The van der Waals surface area contributed by atoms with Crippen molar-refractivity contribution in [1.82, 2.24) is 0 Å². The number of sulfonamides is 1. The first-order chi connectivity index (χ1) is 8.88. The van der Waals surface area contributed by atoms with Crippen molar-refractivity contribution in [3.05, 3.63) is 57.5 Å². The summed E-state index contributed by atoms with van der Waals surface area (Å²) in [5.41, 5.74) is 1.54. The van der Waals surface area contributed by atoms with Gasteiger partial charge in [-0.2, -0.15) is 0 Å². The monoisotopic (exact) mass is 359 g/mol. The number of aryl methyl sites for hydroxylation is 1. The zero-order chi connectivity index (χ0) is 14.0. The van der Waals surface area contributed by atoms with Crippen LogP contribution >= 0.6 is 27.5 Å². The van der Waals surface area contributed by atoms with E-state index in [1.807, 2.05) is 19.1 Å². The lowest BCUT2D eigenvalue weighted by Crippen LogP contribution is -2.13. The van der Waals surface area contributed by atoms with Crippen molar-refractivity contribution in [3.8, 4) is 0 Å². The van der Waals surface area contributed by atoms with Crippen LogP contribution in [0, 0.1) is 6.92 Å². The van der Waals surface area contributed by atoms with Crippen molar-refractivity contribution in [3.63, 3.8) is 0 Å². The molecular formula is C13H11BrClNO2S. The number of nitrogens with one attached hydrogen (secondary N) is 1. The third kappa shape index (κ3) is 3.49. The third-order valence-corrected chi connectivity index (χ3v) is 4.78. The number of hydrogen-bond donors (Lipinski definition) is 1. The molecule has 0 aliphatic rings. The Morgan fingerprint density at radius 1 is 1.11 bits per heavy atom. The van der Waals surface area contributed by atoms with Crippen LogP contribution in [-0.4, -0.2) is 8.42 Å². The number of halogens is 2. The predicted molar refractivity (Wildman–Crippen MR) is 81.1 cm³/mol. The van der Waals surface area contributed by atoms with E-state index in [1.54, 1.807) is 18.2 Å². The highest BCUT2D eigenvalue weighted by Gasteiger charge is 2.15. The summed E-state index contributed by atoms with van der Waals surface area (Å²) in [7, 11) is -3.60. The average Bonchev–Trinajstić information content (AvgIpc) is 2.33. The molecule has 2 aromatic carbocycles. The van der Waals surface area contributed by atoms with Gasteiger partial charge in [0.05, 0.1) is 10.6 Å². The molecule has 1 N–H and O–H groups in total. The number of anilines is 1. The number of hydrogen-bond acceptors (Lipinski definition) is 2. The maximum atomic E-state index is 12.2. The first-order valence-corrected chi connectivity index (χ1v) is 8.08. The minimum Gasteiger partial charge on any atom is -0.278 e. The molecule has 0 fully saturated rings. The third-order valence-electron chi connectivity index (χ3n) is 2.49. The van der Waals surface area contributed by atoms with Gasteiger partial charge in [0, 0.05) is 9.50 Å². The molecule has 0 unspecified atom stereocenters. The molecule has 0 spiro atoms. The highest BCUT2D eigenvalue weighted by atomic mass is 79.9. The summed E-state index contributed by atoms with van der Waals surface area (Å²) in [6.07, 6.45) is 0. The minimum absolute atomic E-state index is 0.171. The summed E-state index contributed by atoms with van der Waals surface area (Å²) in [6, 6.07) is 11.4. The molecule has 0 saturated carbocycles. The summed E-state index contributed by atoms with van der Waals surface area (Å²) >= 11 is 9.08. The minimum atomic E-state index is -3.60. The molecule has 0 atom stereocenters. The highest BCUT2D eigenvalue weighted by molar-refractivity contribution is 9.10. The highest BCUT2D eigenvalue weighted by Crippen LogP contribution is 2.26. The summed E-state index contributed by atoms with van der Waals surface area (Å²) in [4.78, 5) is 0.171. The fourth-order valence-electron chi connectivity index (χ4n) is 1.52. The van der Waals surface area contributed by atoms with Crippen LogP contribution in [0.3, 0.4) is 0 Å². The second kappa shape index (κ2) is 5.53. The van der Waals surface area contributed by atoms with E-state index in [1.165, 1.54) is 12.1 Å². The van der Waals surface area contributed by atoms with Gasteiger partial charge in [-0.1, -0.05) is 17.7 Å². The second-order valence-corrected chi connectivity index (χ2v) is 7.02. The Balaban J connectivity index is 2.33. The van der Waals surface area contributed by atoms with E-state index in [4.69, 9.17) is 11.6 Å². The van der Waals surface area contributed by atoms with Gasteiger partial charge in [-0.25, -0.2) is 8.42 Å². The van der Waals surface area contributed by atoms with E-state index in [2.05, 4.69) is 20.7 Å². The van der Waals surface area contributed by atoms with Crippen molar-refractivity contribution in [1.29, 1.82) is 0 Å². The molecule has 3 nitrogen and oxygen atoms in total. The van der Waals surface area contributed by atoms with Gasteiger partial charge in [-0.05, 0) is 64.8 Å². The van der Waals surface area contributed by atoms with E-state index in [0.29, 0.717) is 15.2 Å². The smallest absolute Gasteiger partial charge is 0.261 e. The van der Waals surface area contributed by atoms with E-state index >= 15 is 0 Å². The zero-order valence-electron chi connectivity index (χ0n) is 10.0. The predicted octanol–water partition coefficient (Wildman–Crippen LogP) is 4.21. The molecule has 19 heavy (non-hydrogen) atoms. The molecular weight excluding hydrogens is 350 g/mol. The van der Waals surface area contributed by atoms with Crippen molar-refractivity contribution in [2.45, 2.75) is 11.8 Å². The van der Waals surface area contributed by atoms with Gasteiger partial charge in [0.25, 0.3) is 10.0 Å². The maximum absolute atomic E-state index is 12.2. The van der Waals surface area contributed by atoms with Crippen molar-refractivity contribution >= 4 is 43.2 Å². The van der Waals surface area contributed by atoms with Gasteiger partial charge in [0.15, 0.2) is 0 Å². The molecule has 0 radical (unpaired) electrons. The molecule has 2 aromatic rings. The van der Waals surface area contributed by atoms with Crippen LogP contribution in [-0.2, 0) is 10.0 Å². The van der Waals surface area contributed by atoms with Gasteiger partial charge in [0.2, 0.25) is 0 Å². The lowest BCUT2D eigenvalue weighted by Gasteiger charge is -2.10. The van der Waals surface area contributed by atoms with E-state index < -0.39 is 10.0 Å². The molecule has 0 heterocycles. The van der Waals surface area contributed by atoms with Gasteiger partial charge in [-0.3, -0.25) is 4.72 Å². The molecule has 0 aliphatic heterocycles. The standard InChI is InChI=1S/C13H11BrClNO2S/c1-9-2-7-13(12(14)8-9)16-19(17,18)11-5-3-10(15)4-6-11/h2-8,16H,1H3. The zero-order valence-corrected chi connectivity index (χ0v) is 13.2. The molecule has 0 bridgehead atoms. The van der Waals surface area contributed by atoms with Gasteiger partial charge in [-0.15, -0.1) is 0 Å². The first-order valence-electron chi connectivity index (χ1n) is 5.43. The topological polar surface area (TPSA) is 46.2 Å². The second-order valence-electron chi connectivity index (χ2n) is 4.04. The Bertz CT molecular complexity index is 699. The Kier molecular flexibility index (Phi) is 4.18. The largest absolute Gasteiger partial charge is 0.278 e. The Hall–Kier alpha value is -1.04. The van der Waals surface area contributed by atoms with Crippen molar-refractivity contribution in [2.75, 3.05) is 4.72 Å². The average molecular weight is 361 g/mol. The lowest BCUT2D eigenvalue weighted by atomic mass is 10.2. The molecule has 6 heteroatoms. The SMILES string of the molecule is Cc1ccc(NS(=O)(=O)c2ccc(Cl)cc2)c(Br)c1. The van der Waals surface area contributed by atoms with Crippen LogP contribution in [0.5, 0.6) is 0 Å². The van der Waals surface area contributed by atoms with Crippen LogP contribution in [0.15, 0.2) is 51.8 Å². The van der Waals surface area contributed by atoms with Crippen LogP contribution < -0.4 is 4.72 Å². The maximum Gasteiger partial charge on any atom is 0.261 e.